The van der Waals surface area contributed by atoms with Crippen molar-refractivity contribution >= 4 is 23.4 Å². The normalized spacial score (nSPS) is 16.1. The number of anilines is 1. The number of hydrogen-bond acceptors (Lipinski definition) is 4. The van der Waals surface area contributed by atoms with Crippen LogP contribution in [-0.4, -0.2) is 21.2 Å². The molecule has 1 aliphatic heterocycles. The Bertz CT molecular complexity index is 873. The van der Waals surface area contributed by atoms with Crippen LogP contribution in [0.5, 0.6) is 0 Å². The first-order valence-corrected chi connectivity index (χ1v) is 8.95. The van der Waals surface area contributed by atoms with Gasteiger partial charge in [-0.1, -0.05) is 17.8 Å². The number of nitrogens with one attached hydrogen (secondary N) is 1. The van der Waals surface area contributed by atoms with Gasteiger partial charge in [0.25, 0.3) is 5.56 Å². The van der Waals surface area contributed by atoms with E-state index in [0.29, 0.717) is 16.5 Å². The number of thioether (sulfide) groups is 1. The van der Waals surface area contributed by atoms with Gasteiger partial charge in [0.15, 0.2) is 5.16 Å². The Morgan fingerprint density at radius 3 is 2.75 bits per heavy atom. The summed E-state index contributed by atoms with van der Waals surface area (Å²) in [7, 11) is 0. The second-order valence-corrected chi connectivity index (χ2v) is 7.28. The molecule has 1 aromatic carbocycles. The van der Waals surface area contributed by atoms with Crippen LogP contribution in [0.2, 0.25) is 0 Å². The number of aromatic nitrogens is 2. The van der Waals surface area contributed by atoms with Crippen molar-refractivity contribution in [1.82, 2.24) is 9.55 Å². The Kier molecular flexibility index (Phi) is 4.49. The maximum Gasteiger partial charge on any atom is 0.257 e. The highest BCUT2D eigenvalue weighted by Gasteiger charge is 2.28. The highest BCUT2D eigenvalue weighted by atomic mass is 32.2. The Labute approximate surface area is 145 Å². The number of carbonyl (C=O) groups is 1. The average Bonchev–Trinajstić information content (AvgIpc) is 2.91. The van der Waals surface area contributed by atoms with E-state index in [1.54, 1.807) is 11.5 Å². The molecule has 1 aliphatic rings. The van der Waals surface area contributed by atoms with Crippen molar-refractivity contribution in [3.63, 3.8) is 0 Å². The van der Waals surface area contributed by atoms with Gasteiger partial charge in [-0.25, -0.2) is 4.98 Å². The van der Waals surface area contributed by atoms with E-state index in [9.17, 15) is 9.59 Å². The van der Waals surface area contributed by atoms with E-state index in [1.165, 1.54) is 17.3 Å². The monoisotopic (exact) mass is 343 g/mol. The smallest absolute Gasteiger partial charge is 0.257 e. The zero-order valence-electron chi connectivity index (χ0n) is 14.3. The lowest BCUT2D eigenvalue weighted by Gasteiger charge is -2.15. The van der Waals surface area contributed by atoms with Gasteiger partial charge in [-0.05, 0) is 51.0 Å². The highest BCUT2D eigenvalue weighted by molar-refractivity contribution is 7.99. The fourth-order valence-corrected chi connectivity index (χ4v) is 3.95. The van der Waals surface area contributed by atoms with Gasteiger partial charge in [-0.2, -0.15) is 0 Å². The molecular weight excluding hydrogens is 322 g/mol. The molecule has 5 nitrogen and oxygen atoms in total. The summed E-state index contributed by atoms with van der Waals surface area (Å²) in [6.45, 7) is 7.69. The maximum absolute atomic E-state index is 12.5. The van der Waals surface area contributed by atoms with Crippen molar-refractivity contribution < 1.29 is 4.79 Å². The molecule has 6 heteroatoms. The van der Waals surface area contributed by atoms with E-state index in [1.807, 2.05) is 39.0 Å². The predicted octanol–water partition coefficient (Wildman–Crippen LogP) is 3.15. The second-order valence-electron chi connectivity index (χ2n) is 6.30. The zero-order chi connectivity index (χ0) is 17.4. The topological polar surface area (TPSA) is 64.0 Å². The lowest BCUT2D eigenvalue weighted by molar-refractivity contribution is -0.116. The van der Waals surface area contributed by atoms with Gasteiger partial charge in [0, 0.05) is 29.1 Å². The minimum Gasteiger partial charge on any atom is -0.326 e. The summed E-state index contributed by atoms with van der Waals surface area (Å²) in [6.07, 6.45) is 0.275. The Balaban J connectivity index is 1.77. The summed E-state index contributed by atoms with van der Waals surface area (Å²) in [4.78, 5) is 29.3. The molecule has 2 aromatic rings. The summed E-state index contributed by atoms with van der Waals surface area (Å²) < 4.78 is 1.67. The van der Waals surface area contributed by atoms with Crippen molar-refractivity contribution in [2.24, 2.45) is 0 Å². The molecule has 24 heavy (non-hydrogen) atoms. The van der Waals surface area contributed by atoms with E-state index in [2.05, 4.69) is 10.3 Å². The number of hydrogen-bond donors (Lipinski definition) is 1. The Morgan fingerprint density at radius 2 is 2.04 bits per heavy atom. The lowest BCUT2D eigenvalue weighted by atomic mass is 10.1. The molecule has 0 bridgehead atoms. The number of carbonyl (C=O) groups excluding carboxylic acids is 1. The van der Waals surface area contributed by atoms with E-state index in [0.717, 1.165) is 16.9 Å². The van der Waals surface area contributed by atoms with Crippen LogP contribution in [0.25, 0.3) is 0 Å². The Hall–Kier alpha value is -2.08. The van der Waals surface area contributed by atoms with Crippen molar-refractivity contribution in [3.8, 4) is 0 Å². The van der Waals surface area contributed by atoms with Crippen LogP contribution in [0.3, 0.4) is 0 Å². The molecule has 1 amide bonds. The van der Waals surface area contributed by atoms with Gasteiger partial charge in [0.2, 0.25) is 5.91 Å². The molecule has 3 rings (SSSR count). The summed E-state index contributed by atoms with van der Waals surface area (Å²) >= 11 is 1.54. The Morgan fingerprint density at radius 1 is 1.29 bits per heavy atom. The van der Waals surface area contributed by atoms with Crippen LogP contribution < -0.4 is 10.9 Å². The minimum absolute atomic E-state index is 0.0357. The van der Waals surface area contributed by atoms with E-state index in [4.69, 9.17) is 0 Å². The van der Waals surface area contributed by atoms with Gasteiger partial charge in [-0.15, -0.1) is 0 Å². The van der Waals surface area contributed by atoms with Crippen LogP contribution in [0.4, 0.5) is 5.69 Å². The molecule has 0 saturated carbocycles. The zero-order valence-corrected chi connectivity index (χ0v) is 15.2. The van der Waals surface area contributed by atoms with Crippen LogP contribution in [-0.2, 0) is 4.79 Å². The minimum atomic E-state index is -0.143. The molecule has 0 aliphatic carbocycles. The molecule has 126 valence electrons. The molecule has 2 heterocycles. The van der Waals surface area contributed by atoms with Crippen molar-refractivity contribution in [2.45, 2.75) is 45.3 Å². The van der Waals surface area contributed by atoms with Crippen LogP contribution in [0.15, 0.2) is 28.2 Å². The standard InChI is InChI=1S/C18H21N3O2S/c1-10-5-6-14(7-11(10)2)20-16(22)8-15-9-24-18-19-13(4)12(3)17(23)21(15)18/h5-7,15H,8-9H2,1-4H3,(H,20,22). The number of fused-ring (bicyclic) bond motifs is 1. The number of amides is 1. The van der Waals surface area contributed by atoms with Crippen LogP contribution in [0, 0.1) is 27.7 Å². The third-order valence-corrected chi connectivity index (χ3v) is 5.63. The van der Waals surface area contributed by atoms with Gasteiger partial charge in [0.1, 0.15) is 0 Å². The molecule has 0 radical (unpaired) electrons. The molecule has 1 unspecified atom stereocenters. The van der Waals surface area contributed by atoms with Crippen molar-refractivity contribution in [1.29, 1.82) is 0 Å². The number of benzene rings is 1. The number of aryl methyl sites for hydroxylation is 3. The van der Waals surface area contributed by atoms with E-state index < -0.39 is 0 Å². The first-order valence-electron chi connectivity index (χ1n) is 7.96. The maximum atomic E-state index is 12.5. The van der Waals surface area contributed by atoms with Crippen LogP contribution >= 0.6 is 11.8 Å². The fraction of sp³-hybridized carbons (Fsp3) is 0.389. The quantitative estimate of drug-likeness (QED) is 0.870. The fourth-order valence-electron chi connectivity index (χ4n) is 2.77. The molecule has 0 spiro atoms. The molecule has 1 N–H and O–H groups in total. The number of nitrogens with zero attached hydrogens (tertiary/aromatic N) is 2. The molecule has 1 atom stereocenters. The van der Waals surface area contributed by atoms with Crippen molar-refractivity contribution in [2.75, 3.05) is 11.1 Å². The van der Waals surface area contributed by atoms with Gasteiger partial charge >= 0.3 is 0 Å². The summed E-state index contributed by atoms with van der Waals surface area (Å²) in [5.41, 5.74) is 4.50. The predicted molar refractivity (Wildman–Crippen MR) is 96.9 cm³/mol. The molecular formula is C18H21N3O2S. The summed E-state index contributed by atoms with van der Waals surface area (Å²) in [5.74, 6) is 0.618. The SMILES string of the molecule is Cc1ccc(NC(=O)CC2CSc3nc(C)c(C)c(=O)n32)cc1C. The third-order valence-electron chi connectivity index (χ3n) is 4.53. The molecule has 1 aromatic heterocycles. The third kappa shape index (κ3) is 3.11. The van der Waals surface area contributed by atoms with Gasteiger partial charge in [-0.3, -0.25) is 14.2 Å². The lowest BCUT2D eigenvalue weighted by Crippen LogP contribution is -2.29. The first-order chi connectivity index (χ1) is 11.4. The number of rotatable bonds is 3. The highest BCUT2D eigenvalue weighted by Crippen LogP contribution is 2.32. The molecule has 0 fully saturated rings. The van der Waals surface area contributed by atoms with Crippen LogP contribution in [0.1, 0.15) is 34.8 Å². The summed E-state index contributed by atoms with van der Waals surface area (Å²) in [6, 6.07) is 5.72. The van der Waals surface area contributed by atoms with E-state index >= 15 is 0 Å². The van der Waals surface area contributed by atoms with E-state index in [-0.39, 0.29) is 23.9 Å². The largest absolute Gasteiger partial charge is 0.326 e. The average molecular weight is 343 g/mol. The molecule has 0 saturated heterocycles. The van der Waals surface area contributed by atoms with Crippen molar-refractivity contribution in [3.05, 3.63) is 50.9 Å². The van der Waals surface area contributed by atoms with Gasteiger partial charge < -0.3 is 5.32 Å². The van der Waals surface area contributed by atoms with Gasteiger partial charge in [0.05, 0.1) is 6.04 Å². The summed E-state index contributed by atoms with van der Waals surface area (Å²) in [5, 5.41) is 3.64. The first kappa shape index (κ1) is 16.8. The second kappa shape index (κ2) is 6.43.